The van der Waals surface area contributed by atoms with Crippen molar-refractivity contribution in [2.45, 2.75) is 65.7 Å². The van der Waals surface area contributed by atoms with Gasteiger partial charge in [-0.15, -0.1) is 0 Å². The number of cyclic esters (lactones) is 1. The fourth-order valence-corrected chi connectivity index (χ4v) is 5.08. The molecule has 0 saturated carbocycles. The number of esters is 2. The number of ether oxygens (including phenoxy) is 4. The van der Waals surface area contributed by atoms with Crippen LogP contribution in [0.25, 0.3) is 0 Å². The summed E-state index contributed by atoms with van der Waals surface area (Å²) in [6.45, 7) is 9.08. The number of nitrogens with zero attached hydrogens (tertiary/aromatic N) is 2. The Labute approximate surface area is 238 Å². The van der Waals surface area contributed by atoms with Gasteiger partial charge in [0.25, 0.3) is 0 Å². The third-order valence-corrected chi connectivity index (χ3v) is 7.33. The molecule has 1 aromatic rings. The molecule has 41 heavy (non-hydrogen) atoms. The number of hydrogen-bond donors (Lipinski definition) is 0. The summed E-state index contributed by atoms with van der Waals surface area (Å²) in [5.41, 5.74) is 1.81. The highest BCUT2D eigenvalue weighted by molar-refractivity contribution is 6.08. The van der Waals surface area contributed by atoms with E-state index in [4.69, 9.17) is 18.9 Å². The van der Waals surface area contributed by atoms with Crippen LogP contribution < -0.4 is 9.64 Å². The van der Waals surface area contributed by atoms with Crippen LogP contribution in [0.3, 0.4) is 0 Å². The van der Waals surface area contributed by atoms with Crippen LogP contribution in [-0.2, 0) is 36.8 Å². The number of carbonyl (C=O) groups excluding carboxylic acids is 3. The van der Waals surface area contributed by atoms with Crippen molar-refractivity contribution >= 4 is 23.5 Å². The molecule has 9 nitrogen and oxygen atoms in total. The molecule has 1 aromatic carbocycles. The lowest BCUT2D eigenvalue weighted by molar-refractivity contribution is -0.170. The summed E-state index contributed by atoms with van der Waals surface area (Å²) in [6.07, 6.45) is -1.08. The number of anilines is 1. The normalized spacial score (nSPS) is 15.9. The first kappa shape index (κ1) is 32.4. The molecule has 0 bridgehead atoms. The van der Waals surface area contributed by atoms with Crippen LogP contribution in [0.2, 0.25) is 0 Å². The van der Waals surface area contributed by atoms with E-state index in [1.54, 1.807) is 19.9 Å². The van der Waals surface area contributed by atoms with E-state index in [1.165, 1.54) is 14.0 Å². The predicted molar refractivity (Wildman–Crippen MR) is 145 cm³/mol. The molecule has 0 spiro atoms. The Morgan fingerprint density at radius 2 is 1.85 bits per heavy atom. The fourth-order valence-electron chi connectivity index (χ4n) is 5.08. The van der Waals surface area contributed by atoms with Gasteiger partial charge in [-0.2, -0.15) is 13.2 Å². The van der Waals surface area contributed by atoms with Gasteiger partial charge in [0.2, 0.25) is 0 Å². The molecule has 1 fully saturated rings. The summed E-state index contributed by atoms with van der Waals surface area (Å²) in [6, 6.07) is 0. The van der Waals surface area contributed by atoms with Gasteiger partial charge in [0.15, 0.2) is 0 Å². The lowest BCUT2D eigenvalue weighted by Crippen LogP contribution is -2.42. The quantitative estimate of drug-likeness (QED) is 0.190. The molecule has 0 unspecified atom stereocenters. The van der Waals surface area contributed by atoms with Gasteiger partial charge in [0.05, 0.1) is 38.2 Å². The van der Waals surface area contributed by atoms with Crippen LogP contribution in [0.4, 0.5) is 18.9 Å². The maximum absolute atomic E-state index is 13.5. The molecule has 12 heteroatoms. The molecule has 3 rings (SSSR count). The zero-order valence-electron chi connectivity index (χ0n) is 24.2. The minimum atomic E-state index is -5.14. The topological polar surface area (TPSA) is 94.6 Å². The van der Waals surface area contributed by atoms with E-state index in [0.29, 0.717) is 29.1 Å². The van der Waals surface area contributed by atoms with E-state index in [0.717, 1.165) is 51.3 Å². The van der Waals surface area contributed by atoms with E-state index >= 15 is 0 Å². The summed E-state index contributed by atoms with van der Waals surface area (Å²) in [4.78, 5) is 40.2. The molecule has 1 amide bonds. The van der Waals surface area contributed by atoms with E-state index in [9.17, 15) is 27.6 Å². The Morgan fingerprint density at radius 1 is 1.15 bits per heavy atom. The fraction of sp³-hybridized carbons (Fsp3) is 0.621. The van der Waals surface area contributed by atoms with E-state index < -0.39 is 18.1 Å². The number of benzene rings is 1. The monoisotopic (exact) mass is 584 g/mol. The van der Waals surface area contributed by atoms with Gasteiger partial charge in [-0.1, -0.05) is 11.6 Å². The lowest BCUT2D eigenvalue weighted by atomic mass is 9.92. The smallest absolute Gasteiger partial charge is 0.471 e. The average Bonchev–Trinajstić information content (AvgIpc) is 3.33. The van der Waals surface area contributed by atoms with Gasteiger partial charge >= 0.3 is 24.0 Å². The van der Waals surface area contributed by atoms with Crippen molar-refractivity contribution < 1.29 is 46.5 Å². The number of morpholine rings is 1. The number of methoxy groups -OCH3 is 1. The van der Waals surface area contributed by atoms with Crippen molar-refractivity contribution in [2.75, 3.05) is 58.0 Å². The summed E-state index contributed by atoms with van der Waals surface area (Å²) in [7, 11) is 1.38. The number of alkyl halides is 3. The number of amides is 1. The molecular formula is C29H39F3N2O7. The SMILES string of the molecule is CCN(C(=O)C(F)(F)F)c1c(CC=C(C)CCC(=O)OCCCCN2CCOCC2)c(OC)c(C)c2c1C(=O)OC2. The number of hydrogen-bond acceptors (Lipinski definition) is 8. The highest BCUT2D eigenvalue weighted by atomic mass is 19.4. The first-order valence-corrected chi connectivity index (χ1v) is 13.9. The highest BCUT2D eigenvalue weighted by Gasteiger charge is 2.45. The number of halogens is 3. The Bertz CT molecular complexity index is 1140. The summed E-state index contributed by atoms with van der Waals surface area (Å²) < 4.78 is 62.0. The molecule has 0 N–H and O–H groups in total. The minimum absolute atomic E-state index is 0.0546. The third kappa shape index (κ3) is 8.22. The number of fused-ring (bicyclic) bond motifs is 1. The Hall–Kier alpha value is -3.12. The number of carbonyl (C=O) groups is 3. The Balaban J connectivity index is 1.69. The second-order valence-electron chi connectivity index (χ2n) is 10.1. The van der Waals surface area contributed by atoms with E-state index in [1.807, 2.05) is 0 Å². The first-order valence-electron chi connectivity index (χ1n) is 13.9. The minimum Gasteiger partial charge on any atom is -0.496 e. The van der Waals surface area contributed by atoms with Crippen molar-refractivity contribution in [3.63, 3.8) is 0 Å². The van der Waals surface area contributed by atoms with Crippen LogP contribution in [0, 0.1) is 6.92 Å². The second-order valence-corrected chi connectivity index (χ2v) is 10.1. The number of rotatable bonds is 13. The second kappa shape index (κ2) is 14.7. The molecule has 0 aromatic heterocycles. The van der Waals surface area contributed by atoms with Crippen molar-refractivity contribution in [3.8, 4) is 5.75 Å². The third-order valence-electron chi connectivity index (χ3n) is 7.33. The molecule has 2 aliphatic heterocycles. The molecule has 0 aliphatic carbocycles. The van der Waals surface area contributed by atoms with Gasteiger partial charge in [0.1, 0.15) is 12.4 Å². The zero-order chi connectivity index (χ0) is 30.2. The van der Waals surface area contributed by atoms with Crippen molar-refractivity contribution in [1.29, 1.82) is 0 Å². The molecule has 2 aliphatic rings. The average molecular weight is 585 g/mol. The van der Waals surface area contributed by atoms with E-state index in [-0.39, 0.29) is 54.5 Å². The van der Waals surface area contributed by atoms with Gasteiger partial charge in [-0.25, -0.2) is 4.79 Å². The van der Waals surface area contributed by atoms with Gasteiger partial charge in [-0.05, 0) is 58.6 Å². The number of allylic oxidation sites excluding steroid dienone is 2. The maximum Gasteiger partial charge on any atom is 0.471 e. The van der Waals surface area contributed by atoms with Gasteiger partial charge in [0, 0.05) is 37.2 Å². The molecule has 2 heterocycles. The Kier molecular flexibility index (Phi) is 11.6. The number of unbranched alkanes of at least 4 members (excludes halogenated alkanes) is 1. The van der Waals surface area contributed by atoms with Crippen molar-refractivity contribution in [3.05, 3.63) is 33.9 Å². The van der Waals surface area contributed by atoms with Crippen LogP contribution >= 0.6 is 0 Å². The summed E-state index contributed by atoms with van der Waals surface area (Å²) in [5.74, 6) is -2.91. The van der Waals surface area contributed by atoms with Crippen molar-refractivity contribution in [1.82, 2.24) is 4.90 Å². The van der Waals surface area contributed by atoms with E-state index in [2.05, 4.69) is 4.90 Å². The Morgan fingerprint density at radius 3 is 2.49 bits per heavy atom. The van der Waals surface area contributed by atoms with Crippen LogP contribution in [0.1, 0.15) is 66.6 Å². The molecule has 228 valence electrons. The largest absolute Gasteiger partial charge is 0.496 e. The zero-order valence-corrected chi connectivity index (χ0v) is 24.2. The molecular weight excluding hydrogens is 545 g/mol. The van der Waals surface area contributed by atoms with Gasteiger partial charge < -0.3 is 23.8 Å². The predicted octanol–water partition coefficient (Wildman–Crippen LogP) is 4.51. The van der Waals surface area contributed by atoms with Gasteiger partial charge in [-0.3, -0.25) is 14.5 Å². The molecule has 1 saturated heterocycles. The van der Waals surface area contributed by atoms with Crippen LogP contribution in [-0.4, -0.2) is 82.0 Å². The van der Waals surface area contributed by atoms with Crippen LogP contribution in [0.15, 0.2) is 11.6 Å². The van der Waals surface area contributed by atoms with Crippen molar-refractivity contribution in [2.24, 2.45) is 0 Å². The van der Waals surface area contributed by atoms with Crippen LogP contribution in [0.5, 0.6) is 5.75 Å². The first-order chi connectivity index (χ1) is 19.5. The summed E-state index contributed by atoms with van der Waals surface area (Å²) >= 11 is 0. The molecule has 0 radical (unpaired) electrons. The molecule has 0 atom stereocenters. The summed E-state index contributed by atoms with van der Waals surface area (Å²) in [5, 5.41) is 0. The highest BCUT2D eigenvalue weighted by Crippen LogP contribution is 2.44. The lowest BCUT2D eigenvalue weighted by Gasteiger charge is -2.28. The maximum atomic E-state index is 13.5. The standard InChI is InChI=1S/C29H39F3N2O7/c1-5-34(28(37)29(30,31)32)25-21(26(38-4)20(3)22-18-41-27(36)24(22)25)10-8-19(2)9-11-23(35)40-15-7-6-12-33-13-16-39-17-14-33/h8H,5-7,9-18H2,1-4H3.